The van der Waals surface area contributed by atoms with Gasteiger partial charge in [0.2, 0.25) is 6.79 Å². The number of halogens is 1. The third-order valence-electron chi connectivity index (χ3n) is 3.05. The summed E-state index contributed by atoms with van der Waals surface area (Å²) in [5.74, 6) is 4.18. The van der Waals surface area contributed by atoms with Crippen molar-refractivity contribution in [3.63, 3.8) is 0 Å². The molecule has 3 rings (SSSR count). The summed E-state index contributed by atoms with van der Waals surface area (Å²) >= 11 is 3.54. The van der Waals surface area contributed by atoms with Gasteiger partial charge in [-0.1, -0.05) is 27.9 Å². The van der Waals surface area contributed by atoms with Crippen molar-refractivity contribution in [2.75, 3.05) is 12.1 Å². The highest BCUT2D eigenvalue weighted by atomic mass is 79.9. The van der Waals surface area contributed by atoms with Crippen LogP contribution in [-0.2, 0) is 6.54 Å². The Morgan fingerprint density at radius 2 is 2.00 bits per heavy atom. The standard InChI is InChI=1S/C16H12BrNO2/c1-2-11-4-3-5-13(6-11)18-9-12-7-15-16(8-14(12)17)20-10-19-15/h1,3-8,18H,9-10H2. The van der Waals surface area contributed by atoms with Crippen molar-refractivity contribution >= 4 is 21.6 Å². The van der Waals surface area contributed by atoms with E-state index < -0.39 is 0 Å². The Kier molecular flexibility index (Phi) is 3.53. The summed E-state index contributed by atoms with van der Waals surface area (Å²) in [6.45, 7) is 0.952. The first-order chi connectivity index (χ1) is 9.76. The molecule has 20 heavy (non-hydrogen) atoms. The topological polar surface area (TPSA) is 30.5 Å². The van der Waals surface area contributed by atoms with Crippen LogP contribution in [0.5, 0.6) is 11.5 Å². The minimum absolute atomic E-state index is 0.281. The summed E-state index contributed by atoms with van der Waals surface area (Å²) < 4.78 is 11.7. The highest BCUT2D eigenvalue weighted by molar-refractivity contribution is 9.10. The van der Waals surface area contributed by atoms with E-state index >= 15 is 0 Å². The van der Waals surface area contributed by atoms with Crippen molar-refractivity contribution in [3.05, 3.63) is 52.0 Å². The first-order valence-electron chi connectivity index (χ1n) is 6.15. The van der Waals surface area contributed by atoms with Crippen molar-refractivity contribution in [2.24, 2.45) is 0 Å². The third kappa shape index (κ3) is 2.59. The highest BCUT2D eigenvalue weighted by Crippen LogP contribution is 2.37. The van der Waals surface area contributed by atoms with Crippen LogP contribution in [-0.4, -0.2) is 6.79 Å². The Labute approximate surface area is 126 Å². The van der Waals surface area contributed by atoms with Crippen molar-refractivity contribution in [1.29, 1.82) is 0 Å². The monoisotopic (exact) mass is 329 g/mol. The molecule has 0 unspecified atom stereocenters. The van der Waals surface area contributed by atoms with Crippen LogP contribution in [0.4, 0.5) is 5.69 Å². The predicted molar refractivity (Wildman–Crippen MR) is 82.0 cm³/mol. The average molecular weight is 330 g/mol. The Morgan fingerprint density at radius 1 is 1.20 bits per heavy atom. The maximum absolute atomic E-state index is 5.40. The number of nitrogens with one attached hydrogen (secondary N) is 1. The van der Waals surface area contributed by atoms with Gasteiger partial charge >= 0.3 is 0 Å². The van der Waals surface area contributed by atoms with Crippen LogP contribution >= 0.6 is 15.9 Å². The van der Waals surface area contributed by atoms with Gasteiger partial charge < -0.3 is 14.8 Å². The molecule has 0 spiro atoms. The van der Waals surface area contributed by atoms with Crippen molar-refractivity contribution in [2.45, 2.75) is 6.54 Å². The van der Waals surface area contributed by atoms with Crippen LogP contribution in [0.15, 0.2) is 40.9 Å². The maximum atomic E-state index is 5.40. The molecular formula is C16H12BrNO2. The van der Waals surface area contributed by atoms with Gasteiger partial charge in [-0.3, -0.25) is 0 Å². The third-order valence-corrected chi connectivity index (χ3v) is 3.79. The Hall–Kier alpha value is -2.12. The minimum Gasteiger partial charge on any atom is -0.454 e. The molecular weight excluding hydrogens is 318 g/mol. The highest BCUT2D eigenvalue weighted by Gasteiger charge is 2.16. The summed E-state index contributed by atoms with van der Waals surface area (Å²) in [4.78, 5) is 0. The molecule has 0 fully saturated rings. The van der Waals surface area contributed by atoms with Crippen molar-refractivity contribution in [3.8, 4) is 23.8 Å². The normalized spacial score (nSPS) is 12.0. The summed E-state index contributed by atoms with van der Waals surface area (Å²) in [6, 6.07) is 11.7. The lowest BCUT2D eigenvalue weighted by Crippen LogP contribution is -2.00. The fraction of sp³-hybridized carbons (Fsp3) is 0.125. The van der Waals surface area contributed by atoms with Gasteiger partial charge in [0.25, 0.3) is 0 Å². The predicted octanol–water partition coefficient (Wildman–Crippen LogP) is 3.77. The van der Waals surface area contributed by atoms with Crippen LogP contribution in [0.2, 0.25) is 0 Å². The van der Waals surface area contributed by atoms with E-state index in [-0.39, 0.29) is 6.79 Å². The van der Waals surface area contributed by atoms with Crippen molar-refractivity contribution in [1.82, 2.24) is 0 Å². The first-order valence-corrected chi connectivity index (χ1v) is 6.94. The molecule has 0 aromatic heterocycles. The van der Waals surface area contributed by atoms with Gasteiger partial charge in [-0.25, -0.2) is 0 Å². The van der Waals surface area contributed by atoms with Gasteiger partial charge in [0.05, 0.1) is 0 Å². The van der Waals surface area contributed by atoms with Gasteiger partial charge in [0.15, 0.2) is 11.5 Å². The fourth-order valence-electron chi connectivity index (χ4n) is 2.01. The Balaban J connectivity index is 1.77. The van der Waals surface area contributed by atoms with Gasteiger partial charge in [0.1, 0.15) is 0 Å². The molecule has 0 saturated heterocycles. The number of benzene rings is 2. The molecule has 4 heteroatoms. The van der Waals surface area contributed by atoms with Crippen LogP contribution in [0.1, 0.15) is 11.1 Å². The minimum atomic E-state index is 0.281. The number of fused-ring (bicyclic) bond motifs is 1. The van der Waals surface area contributed by atoms with E-state index in [4.69, 9.17) is 15.9 Å². The van der Waals surface area contributed by atoms with Gasteiger partial charge in [-0.05, 0) is 35.9 Å². The molecule has 1 N–H and O–H groups in total. The molecule has 3 nitrogen and oxygen atoms in total. The smallest absolute Gasteiger partial charge is 0.231 e. The van der Waals surface area contributed by atoms with Crippen LogP contribution in [0, 0.1) is 12.3 Å². The van der Waals surface area contributed by atoms with E-state index in [1.54, 1.807) is 0 Å². The molecule has 0 bridgehead atoms. The average Bonchev–Trinajstić information content (AvgIpc) is 2.92. The second kappa shape index (κ2) is 5.48. The lowest BCUT2D eigenvalue weighted by molar-refractivity contribution is 0.174. The largest absolute Gasteiger partial charge is 0.454 e. The zero-order valence-corrected chi connectivity index (χ0v) is 12.2. The van der Waals surface area contributed by atoms with Crippen molar-refractivity contribution < 1.29 is 9.47 Å². The number of hydrogen-bond donors (Lipinski definition) is 1. The summed E-state index contributed by atoms with van der Waals surface area (Å²) in [5, 5.41) is 3.35. The Morgan fingerprint density at radius 3 is 2.80 bits per heavy atom. The molecule has 2 aromatic rings. The van der Waals surface area contributed by atoms with E-state index in [9.17, 15) is 0 Å². The number of hydrogen-bond acceptors (Lipinski definition) is 3. The molecule has 1 heterocycles. The quantitative estimate of drug-likeness (QED) is 0.869. The number of anilines is 1. The molecule has 0 radical (unpaired) electrons. The second-order valence-electron chi connectivity index (χ2n) is 4.38. The van der Waals surface area contributed by atoms with E-state index in [1.807, 2.05) is 36.4 Å². The summed E-state index contributed by atoms with van der Waals surface area (Å²) in [5.41, 5.74) is 2.95. The lowest BCUT2D eigenvalue weighted by atomic mass is 10.1. The van der Waals surface area contributed by atoms with Gasteiger partial charge in [0, 0.05) is 22.3 Å². The second-order valence-corrected chi connectivity index (χ2v) is 5.23. The summed E-state index contributed by atoms with van der Waals surface area (Å²) in [7, 11) is 0. The lowest BCUT2D eigenvalue weighted by Gasteiger charge is -2.09. The van der Waals surface area contributed by atoms with Crippen LogP contribution in [0.3, 0.4) is 0 Å². The zero-order chi connectivity index (χ0) is 13.9. The number of rotatable bonds is 3. The molecule has 0 aliphatic carbocycles. The van der Waals surface area contributed by atoms with Gasteiger partial charge in [-0.15, -0.1) is 6.42 Å². The number of terminal acetylenes is 1. The van der Waals surface area contributed by atoms with E-state index in [1.165, 1.54) is 0 Å². The maximum Gasteiger partial charge on any atom is 0.231 e. The molecule has 1 aliphatic heterocycles. The van der Waals surface area contributed by atoms with E-state index in [0.717, 1.165) is 32.8 Å². The van der Waals surface area contributed by atoms with Crippen LogP contribution < -0.4 is 14.8 Å². The Bertz CT molecular complexity index is 691. The molecule has 0 atom stereocenters. The molecule has 0 amide bonds. The molecule has 2 aromatic carbocycles. The number of ether oxygens (including phenoxy) is 2. The summed E-state index contributed by atoms with van der Waals surface area (Å²) in [6.07, 6.45) is 5.40. The van der Waals surface area contributed by atoms with E-state index in [2.05, 4.69) is 27.2 Å². The van der Waals surface area contributed by atoms with E-state index in [0.29, 0.717) is 6.54 Å². The SMILES string of the molecule is C#Cc1cccc(NCc2cc3c(cc2Br)OCO3)c1. The van der Waals surface area contributed by atoms with Crippen LogP contribution in [0.25, 0.3) is 0 Å². The molecule has 100 valence electrons. The zero-order valence-electron chi connectivity index (χ0n) is 10.7. The molecule has 0 saturated carbocycles. The molecule has 1 aliphatic rings. The van der Waals surface area contributed by atoms with Gasteiger partial charge in [-0.2, -0.15) is 0 Å². The fourth-order valence-corrected chi connectivity index (χ4v) is 2.47. The first kappa shape index (κ1) is 12.9.